The van der Waals surface area contributed by atoms with Crippen LogP contribution in [0.25, 0.3) is 10.8 Å². The van der Waals surface area contributed by atoms with Crippen LogP contribution in [0.15, 0.2) is 66.7 Å². The van der Waals surface area contributed by atoms with E-state index in [0.29, 0.717) is 31.6 Å². The maximum absolute atomic E-state index is 14.3. The number of hydrogen-bond donors (Lipinski definition) is 13. The Balaban J connectivity index is 1.22. The summed E-state index contributed by atoms with van der Waals surface area (Å²) in [6.45, 7) is 6.35. The van der Waals surface area contributed by atoms with Crippen LogP contribution in [0.1, 0.15) is 108 Å². The third kappa shape index (κ3) is 28.8. The lowest BCUT2D eigenvalue weighted by molar-refractivity contribution is -0.141. The number of fused-ring (bicyclic) bond motifs is 1. The molecule has 3 aromatic carbocycles. The first kappa shape index (κ1) is 76.9. The molecule has 13 N–H and O–H groups in total. The first-order chi connectivity index (χ1) is 45.2. The summed E-state index contributed by atoms with van der Waals surface area (Å²) in [4.78, 5) is 159. The van der Waals surface area contributed by atoms with Crippen LogP contribution < -0.4 is 37.2 Å². The zero-order valence-electron chi connectivity index (χ0n) is 54.4. The molecule has 7 amide bonds. The number of carboxylic acids is 6. The van der Waals surface area contributed by atoms with Crippen molar-refractivity contribution < 1.29 is 88.2 Å². The topological polar surface area (TPSA) is 423 Å². The standard InChI is InChI=1S/C66H95N11O18/c1-42(2)34-44-11-16-47(17-12-44)43(3)60(87)68-25-23-51(70-55(78)38-74-26-28-75(39-57(81)82)30-32-77(41-59(85)86)33-31-76(29-27-74)40-58(83)84)62(89)69-37-45-13-19-49(20-14-45)61(88)71-54(36-46-15-18-48-8-4-5-9-50(48)35-46)63(90)67-24-7-6-10-52(64(91)92)72-66(95)73-53(65(93)94)21-22-56(79)80/h4-5,8-9,11-12,15-18,35,42-43,45,49,51-54H,6-7,10,13-14,19-34,36-41H2,1-3H3,(H,67,90)(H,68,87)(H,69,89)(H,70,78)(H,71,88)(H,79,80)(H,81,82)(H,83,84)(H,85,86)(H,91,92)(H,93,94)(H2,72,73,95)/t43?,45?,49?,51-,52-,53-,54-/m0/s1. The molecule has 1 aliphatic carbocycles. The van der Waals surface area contributed by atoms with Gasteiger partial charge in [-0.3, -0.25) is 62.8 Å². The van der Waals surface area contributed by atoms with Gasteiger partial charge in [0.15, 0.2) is 0 Å². The number of benzene rings is 3. The van der Waals surface area contributed by atoms with E-state index in [9.17, 15) is 83.1 Å². The van der Waals surface area contributed by atoms with Gasteiger partial charge in [0.1, 0.15) is 24.2 Å². The van der Waals surface area contributed by atoms with Gasteiger partial charge in [0.2, 0.25) is 29.5 Å². The third-order valence-corrected chi connectivity index (χ3v) is 17.0. The molecular formula is C66H95N11O18. The zero-order chi connectivity index (χ0) is 69.6. The number of carbonyl (C=O) groups excluding carboxylic acids is 6. The number of amides is 7. The lowest BCUT2D eigenvalue weighted by Gasteiger charge is -2.33. The average molecular weight is 1330 g/mol. The van der Waals surface area contributed by atoms with Crippen LogP contribution in [-0.4, -0.2) is 244 Å². The number of unbranched alkanes of at least 4 members (excludes halogenated alkanes) is 1. The first-order valence-corrected chi connectivity index (χ1v) is 32.5. The summed E-state index contributed by atoms with van der Waals surface area (Å²) in [6.07, 6.45) is 2.27. The van der Waals surface area contributed by atoms with E-state index < -0.39 is 108 Å². The Hall–Kier alpha value is -8.80. The summed E-state index contributed by atoms with van der Waals surface area (Å²) < 4.78 is 0. The lowest BCUT2D eigenvalue weighted by Crippen LogP contribution is -2.53. The molecule has 2 fully saturated rings. The molecule has 1 heterocycles. The molecule has 2 aliphatic rings. The van der Waals surface area contributed by atoms with E-state index in [1.54, 1.807) is 26.5 Å². The molecule has 29 nitrogen and oxygen atoms in total. The maximum atomic E-state index is 14.3. The molecule has 1 saturated carbocycles. The van der Waals surface area contributed by atoms with Crippen molar-refractivity contribution in [1.29, 1.82) is 0 Å². The number of aliphatic carboxylic acids is 6. The van der Waals surface area contributed by atoms with Gasteiger partial charge in [0.25, 0.3) is 0 Å². The highest BCUT2D eigenvalue weighted by Gasteiger charge is 2.32. The number of carbonyl (C=O) groups is 12. The smallest absolute Gasteiger partial charge is 0.326 e. The van der Waals surface area contributed by atoms with E-state index in [0.717, 1.165) is 33.9 Å². The fraction of sp³-hybridized carbons (Fsp3) is 0.576. The normalized spacial score (nSPS) is 17.8. The lowest BCUT2D eigenvalue weighted by atomic mass is 9.81. The Morgan fingerprint density at radius 3 is 1.49 bits per heavy atom. The highest BCUT2D eigenvalue weighted by Crippen LogP contribution is 2.29. The van der Waals surface area contributed by atoms with Crippen LogP contribution >= 0.6 is 0 Å². The molecule has 1 unspecified atom stereocenters. The van der Waals surface area contributed by atoms with Crippen LogP contribution in [0, 0.1) is 17.8 Å². The van der Waals surface area contributed by atoms with E-state index >= 15 is 0 Å². The van der Waals surface area contributed by atoms with Crippen molar-refractivity contribution in [2.45, 2.75) is 128 Å². The van der Waals surface area contributed by atoms with Gasteiger partial charge in [-0.2, -0.15) is 0 Å². The highest BCUT2D eigenvalue weighted by atomic mass is 16.4. The van der Waals surface area contributed by atoms with E-state index in [2.05, 4.69) is 51.1 Å². The number of carboxylic acid groups (broad SMARTS) is 6. The van der Waals surface area contributed by atoms with Crippen molar-refractivity contribution in [2.24, 2.45) is 17.8 Å². The Bertz CT molecular complexity index is 3060. The molecule has 5 atom stereocenters. The molecule has 0 bridgehead atoms. The van der Waals surface area contributed by atoms with Crippen molar-refractivity contribution in [3.05, 3.63) is 83.4 Å². The van der Waals surface area contributed by atoms with Gasteiger partial charge in [-0.05, 0) is 110 Å². The Kier molecular flexibility index (Phi) is 32.2. The Morgan fingerprint density at radius 1 is 0.463 bits per heavy atom. The van der Waals surface area contributed by atoms with Crippen molar-refractivity contribution in [3.8, 4) is 0 Å². The summed E-state index contributed by atoms with van der Waals surface area (Å²) >= 11 is 0. The van der Waals surface area contributed by atoms with Crippen LogP contribution in [0.2, 0.25) is 0 Å². The van der Waals surface area contributed by atoms with Gasteiger partial charge in [-0.25, -0.2) is 14.4 Å². The molecule has 0 spiro atoms. The van der Waals surface area contributed by atoms with Crippen molar-refractivity contribution in [1.82, 2.24) is 56.8 Å². The second-order valence-corrected chi connectivity index (χ2v) is 25.1. The van der Waals surface area contributed by atoms with Crippen LogP contribution in [-0.2, 0) is 65.6 Å². The molecule has 29 heteroatoms. The van der Waals surface area contributed by atoms with Crippen molar-refractivity contribution >= 4 is 82.2 Å². The van der Waals surface area contributed by atoms with Gasteiger partial charge in [-0.15, -0.1) is 0 Å². The molecular weight excluding hydrogens is 1230 g/mol. The Labute approximate surface area is 552 Å². The minimum absolute atomic E-state index is 0.00356. The van der Waals surface area contributed by atoms with Crippen LogP contribution in [0.4, 0.5) is 4.79 Å². The van der Waals surface area contributed by atoms with Crippen LogP contribution in [0.3, 0.4) is 0 Å². The second-order valence-electron chi connectivity index (χ2n) is 25.1. The van der Waals surface area contributed by atoms with Gasteiger partial charge in [0, 0.05) is 90.8 Å². The van der Waals surface area contributed by atoms with E-state index in [-0.39, 0.29) is 148 Å². The van der Waals surface area contributed by atoms with Gasteiger partial charge in [0.05, 0.1) is 32.1 Å². The van der Waals surface area contributed by atoms with E-state index in [1.807, 2.05) is 66.7 Å². The number of urea groups is 1. The van der Waals surface area contributed by atoms with Gasteiger partial charge >= 0.3 is 41.8 Å². The summed E-state index contributed by atoms with van der Waals surface area (Å²) in [5.74, 6) is -10.3. The zero-order valence-corrected chi connectivity index (χ0v) is 54.4. The quantitative estimate of drug-likeness (QED) is 0.0368. The minimum Gasteiger partial charge on any atom is -0.481 e. The van der Waals surface area contributed by atoms with E-state index in [4.69, 9.17) is 5.11 Å². The Morgan fingerprint density at radius 2 is 0.968 bits per heavy atom. The summed E-state index contributed by atoms with van der Waals surface area (Å²) in [5, 5.41) is 77.9. The average Bonchev–Trinajstić information content (AvgIpc) is 0.978. The first-order valence-electron chi connectivity index (χ1n) is 32.5. The molecule has 1 saturated heterocycles. The maximum Gasteiger partial charge on any atom is 0.326 e. The molecule has 0 radical (unpaired) electrons. The summed E-state index contributed by atoms with van der Waals surface area (Å²) in [6, 6.07) is 14.9. The molecule has 1 aliphatic heterocycles. The molecule has 522 valence electrons. The number of nitrogens with zero attached hydrogens (tertiary/aromatic N) is 4. The third-order valence-electron chi connectivity index (χ3n) is 17.0. The minimum atomic E-state index is -1.57. The molecule has 0 aromatic heterocycles. The summed E-state index contributed by atoms with van der Waals surface area (Å²) in [7, 11) is 0. The van der Waals surface area contributed by atoms with Gasteiger partial charge < -0.3 is 67.9 Å². The number of hydrogen-bond acceptors (Lipinski definition) is 16. The SMILES string of the molecule is CC(C)Cc1ccc(C(C)C(=O)NCC[C@H](NC(=O)CN2CCN(CC(=O)O)CCN(CC(=O)O)CCN(CC(=O)O)CC2)C(=O)NCC2CCC(C(=O)N[C@@H](Cc3ccc4ccccc4c3)C(=O)NCCCC[C@H](NC(=O)N[C@@H](CCC(=O)O)C(=O)O)C(=O)O)CC2)cc1. The molecule has 3 aromatic rings. The highest BCUT2D eigenvalue weighted by molar-refractivity contribution is 5.91. The fourth-order valence-electron chi connectivity index (χ4n) is 11.6. The summed E-state index contributed by atoms with van der Waals surface area (Å²) in [5.41, 5.74) is 2.72. The predicted octanol–water partition coefficient (Wildman–Crippen LogP) is 1.62. The van der Waals surface area contributed by atoms with E-state index in [1.165, 1.54) is 0 Å². The largest absolute Gasteiger partial charge is 0.481 e. The van der Waals surface area contributed by atoms with Crippen LogP contribution in [0.5, 0.6) is 0 Å². The van der Waals surface area contributed by atoms with Gasteiger partial charge in [-0.1, -0.05) is 80.6 Å². The monoisotopic (exact) mass is 1330 g/mol. The fourth-order valence-corrected chi connectivity index (χ4v) is 11.6. The number of nitrogens with one attached hydrogen (secondary N) is 7. The second kappa shape index (κ2) is 39.8. The van der Waals surface area contributed by atoms with Crippen molar-refractivity contribution in [3.63, 3.8) is 0 Å². The molecule has 95 heavy (non-hydrogen) atoms. The molecule has 5 rings (SSSR count). The van der Waals surface area contributed by atoms with Crippen molar-refractivity contribution in [2.75, 3.05) is 98.2 Å². The number of rotatable bonds is 36. The predicted molar refractivity (Wildman–Crippen MR) is 348 cm³/mol.